The number of nitrogens with zero attached hydrogens (tertiary/aromatic N) is 2. The average molecular weight is 464 g/mol. The van der Waals surface area contributed by atoms with Crippen LogP contribution in [0.1, 0.15) is 44.6 Å². The quantitative estimate of drug-likeness (QED) is 0.586. The Labute approximate surface area is 200 Å². The summed E-state index contributed by atoms with van der Waals surface area (Å²) >= 11 is 0. The van der Waals surface area contributed by atoms with Gasteiger partial charge in [0, 0.05) is 18.3 Å². The summed E-state index contributed by atoms with van der Waals surface area (Å²) in [7, 11) is 1.71. The lowest BCUT2D eigenvalue weighted by atomic mass is 9.83. The Balaban J connectivity index is 1.64. The molecule has 1 aliphatic heterocycles. The Bertz CT molecular complexity index is 1020. The number of likely N-dealkylation sites (N-methyl/N-ethyl adjacent to an activating group) is 1. The largest absolute Gasteiger partial charge is 0.343 e. The molecule has 8 nitrogen and oxygen atoms in total. The summed E-state index contributed by atoms with van der Waals surface area (Å²) in [4.78, 5) is 46.2. The summed E-state index contributed by atoms with van der Waals surface area (Å²) < 4.78 is 0. The molecule has 0 radical (unpaired) electrons. The summed E-state index contributed by atoms with van der Waals surface area (Å²) in [6.45, 7) is 1.76. The van der Waals surface area contributed by atoms with Gasteiger partial charge in [0.05, 0.1) is 6.04 Å². The van der Waals surface area contributed by atoms with E-state index in [1.54, 1.807) is 20.2 Å². The second-order valence-corrected chi connectivity index (χ2v) is 9.16. The first kappa shape index (κ1) is 23.9. The molecule has 4 rings (SSSR count). The number of fused-ring (bicyclic) bond motifs is 1. The van der Waals surface area contributed by atoms with Crippen LogP contribution in [0.25, 0.3) is 0 Å². The van der Waals surface area contributed by atoms with Gasteiger partial charge in [0.2, 0.25) is 11.8 Å². The molecule has 1 saturated carbocycles. The summed E-state index contributed by atoms with van der Waals surface area (Å²) in [5.41, 5.74) is 1.52. The molecule has 0 bridgehead atoms. The molecule has 2 heterocycles. The van der Waals surface area contributed by atoms with E-state index >= 15 is 0 Å². The van der Waals surface area contributed by atoms with E-state index in [1.807, 2.05) is 42.5 Å². The minimum absolute atomic E-state index is 0.0276. The smallest absolute Gasteiger partial charge is 0.251 e. The zero-order chi connectivity index (χ0) is 24.1. The van der Waals surface area contributed by atoms with Gasteiger partial charge in [-0.25, -0.2) is 4.98 Å². The van der Waals surface area contributed by atoms with Crippen LogP contribution in [0.4, 0.5) is 11.5 Å². The molecule has 3 amide bonds. The number of para-hydroxylation sites is 1. The van der Waals surface area contributed by atoms with Crippen LogP contribution in [0.5, 0.6) is 0 Å². The van der Waals surface area contributed by atoms with Gasteiger partial charge in [-0.2, -0.15) is 0 Å². The topological polar surface area (TPSA) is 103 Å². The molecule has 1 aliphatic carbocycles. The van der Waals surface area contributed by atoms with Gasteiger partial charge in [-0.3, -0.25) is 19.3 Å². The van der Waals surface area contributed by atoms with E-state index in [4.69, 9.17) is 0 Å². The molecule has 1 fully saturated rings. The molecule has 0 spiro atoms. The lowest BCUT2D eigenvalue weighted by Crippen LogP contribution is -2.58. The number of amides is 3. The third-order valence-corrected chi connectivity index (χ3v) is 6.91. The van der Waals surface area contributed by atoms with E-state index in [0.29, 0.717) is 17.9 Å². The highest BCUT2D eigenvalue weighted by Gasteiger charge is 2.44. The summed E-state index contributed by atoms with van der Waals surface area (Å²) in [5, 5.41) is 8.87. The van der Waals surface area contributed by atoms with Crippen LogP contribution in [0.2, 0.25) is 0 Å². The van der Waals surface area contributed by atoms with E-state index in [-0.39, 0.29) is 23.6 Å². The van der Waals surface area contributed by atoms with Crippen molar-refractivity contribution < 1.29 is 14.4 Å². The molecule has 2 unspecified atom stereocenters. The van der Waals surface area contributed by atoms with Crippen LogP contribution in [0.15, 0.2) is 48.7 Å². The van der Waals surface area contributed by atoms with Gasteiger partial charge in [-0.15, -0.1) is 0 Å². The van der Waals surface area contributed by atoms with Gasteiger partial charge >= 0.3 is 0 Å². The van der Waals surface area contributed by atoms with Crippen molar-refractivity contribution in [2.24, 2.45) is 5.92 Å². The number of anilines is 2. The van der Waals surface area contributed by atoms with Crippen molar-refractivity contribution >= 4 is 29.2 Å². The molecule has 8 heteroatoms. The third kappa shape index (κ3) is 5.12. The number of aromatic nitrogens is 1. The normalized spacial score (nSPS) is 19.7. The minimum atomic E-state index is -0.734. The summed E-state index contributed by atoms with van der Waals surface area (Å²) in [6, 6.07) is 11.0. The van der Waals surface area contributed by atoms with Gasteiger partial charge in [0.15, 0.2) is 0 Å². The first-order valence-electron chi connectivity index (χ1n) is 12.1. The number of rotatable bonds is 7. The molecule has 3 N–H and O–H groups in total. The van der Waals surface area contributed by atoms with E-state index in [0.717, 1.165) is 37.7 Å². The molecule has 1 aromatic carbocycles. The van der Waals surface area contributed by atoms with E-state index in [2.05, 4.69) is 20.9 Å². The van der Waals surface area contributed by atoms with Crippen LogP contribution in [0.3, 0.4) is 0 Å². The van der Waals surface area contributed by atoms with Crippen LogP contribution in [-0.2, 0) is 20.8 Å². The Kier molecular flexibility index (Phi) is 7.57. The summed E-state index contributed by atoms with van der Waals surface area (Å²) in [5.74, 6) is -0.237. The van der Waals surface area contributed by atoms with Gasteiger partial charge in [0.25, 0.3) is 5.91 Å². The Morgan fingerprint density at radius 1 is 1.03 bits per heavy atom. The van der Waals surface area contributed by atoms with Crippen LogP contribution < -0.4 is 20.9 Å². The van der Waals surface area contributed by atoms with Crippen LogP contribution >= 0.6 is 0 Å². The number of hydrogen-bond donors (Lipinski definition) is 3. The van der Waals surface area contributed by atoms with Crippen LogP contribution in [-0.4, -0.2) is 47.9 Å². The first-order valence-corrected chi connectivity index (χ1v) is 12.1. The maximum Gasteiger partial charge on any atom is 0.251 e. The highest BCUT2D eigenvalue weighted by Crippen LogP contribution is 2.34. The summed E-state index contributed by atoms with van der Waals surface area (Å²) in [6.07, 6.45) is 6.94. The fourth-order valence-corrected chi connectivity index (χ4v) is 4.88. The standard InChI is InChI=1S/C26H33N5O3/c1-17(27-2)24(32)30-22(18-10-5-3-6-11-18)26(34)31-21(16-19-12-9-15-28-23(19)31)25(33)29-20-13-7-4-8-14-20/h4,7-9,12-15,17-18,21-22,27H,3,5-6,10-11,16H2,1-2H3,(H,29,33)(H,30,32)/t17-,21?,22?/m0/s1. The SMILES string of the molecule is CN[C@@H](C)C(=O)NC(C(=O)N1c2ncccc2CC1C(=O)Nc1ccccc1)C1CCCCC1. The zero-order valence-electron chi connectivity index (χ0n) is 19.8. The second kappa shape index (κ2) is 10.8. The number of pyridine rings is 1. The first-order chi connectivity index (χ1) is 16.5. The van der Waals surface area contributed by atoms with Crippen molar-refractivity contribution in [1.82, 2.24) is 15.6 Å². The van der Waals surface area contributed by atoms with Gasteiger partial charge in [-0.1, -0.05) is 43.5 Å². The molecule has 2 aromatic rings. The third-order valence-electron chi connectivity index (χ3n) is 6.91. The lowest BCUT2D eigenvalue weighted by molar-refractivity contribution is -0.131. The Morgan fingerprint density at radius 3 is 2.47 bits per heavy atom. The maximum atomic E-state index is 14.1. The van der Waals surface area contributed by atoms with Gasteiger partial charge in [0.1, 0.15) is 17.9 Å². The molecule has 3 atom stereocenters. The van der Waals surface area contributed by atoms with Crippen molar-refractivity contribution in [3.05, 3.63) is 54.2 Å². The number of nitrogens with one attached hydrogen (secondary N) is 3. The molecular formula is C26H33N5O3. The average Bonchev–Trinajstić information content (AvgIpc) is 3.27. The molecular weight excluding hydrogens is 430 g/mol. The molecule has 34 heavy (non-hydrogen) atoms. The maximum absolute atomic E-state index is 14.1. The van der Waals surface area contributed by atoms with Crippen molar-refractivity contribution in [2.75, 3.05) is 17.3 Å². The number of carbonyl (C=O) groups excluding carboxylic acids is 3. The fraction of sp³-hybridized carbons (Fsp3) is 0.462. The highest BCUT2D eigenvalue weighted by molar-refractivity contribution is 6.09. The molecule has 2 aliphatic rings. The number of hydrogen-bond acceptors (Lipinski definition) is 5. The Hall–Kier alpha value is -3.26. The Morgan fingerprint density at radius 2 is 1.76 bits per heavy atom. The van der Waals surface area contributed by atoms with Crippen molar-refractivity contribution in [3.63, 3.8) is 0 Å². The number of benzene rings is 1. The van der Waals surface area contributed by atoms with Crippen LogP contribution in [0, 0.1) is 5.92 Å². The zero-order valence-corrected chi connectivity index (χ0v) is 19.8. The van der Waals surface area contributed by atoms with Gasteiger partial charge < -0.3 is 16.0 Å². The fourth-order valence-electron chi connectivity index (χ4n) is 4.88. The van der Waals surface area contributed by atoms with Crippen molar-refractivity contribution in [2.45, 2.75) is 63.6 Å². The second-order valence-electron chi connectivity index (χ2n) is 9.16. The minimum Gasteiger partial charge on any atom is -0.343 e. The monoisotopic (exact) mass is 463 g/mol. The number of carbonyl (C=O) groups is 3. The van der Waals surface area contributed by atoms with Crippen molar-refractivity contribution in [1.29, 1.82) is 0 Å². The van der Waals surface area contributed by atoms with Gasteiger partial charge in [-0.05, 0) is 56.5 Å². The predicted molar refractivity (Wildman–Crippen MR) is 131 cm³/mol. The lowest BCUT2D eigenvalue weighted by Gasteiger charge is -2.35. The van der Waals surface area contributed by atoms with E-state index in [1.165, 1.54) is 4.90 Å². The molecule has 180 valence electrons. The molecule has 1 aromatic heterocycles. The highest BCUT2D eigenvalue weighted by atomic mass is 16.2. The molecule has 0 saturated heterocycles. The predicted octanol–water partition coefficient (Wildman–Crippen LogP) is 2.65. The van der Waals surface area contributed by atoms with E-state index in [9.17, 15) is 14.4 Å². The van der Waals surface area contributed by atoms with E-state index < -0.39 is 18.1 Å². The van der Waals surface area contributed by atoms with Crippen molar-refractivity contribution in [3.8, 4) is 0 Å².